The normalized spacial score (nSPS) is 10.5. The number of aromatic nitrogens is 1. The van der Waals surface area contributed by atoms with E-state index < -0.39 is 5.97 Å². The first-order chi connectivity index (χ1) is 12.3. The van der Waals surface area contributed by atoms with Gasteiger partial charge < -0.3 is 14.6 Å². The molecule has 1 heterocycles. The number of nitrogens with zero attached hydrogens (tertiary/aromatic N) is 1. The molecule has 0 saturated carbocycles. The lowest BCUT2D eigenvalue weighted by atomic mass is 10.1. The summed E-state index contributed by atoms with van der Waals surface area (Å²) in [6.45, 7) is 9.57. The number of halogens is 2. The van der Waals surface area contributed by atoms with Gasteiger partial charge in [-0.1, -0.05) is 29.3 Å². The summed E-state index contributed by atoms with van der Waals surface area (Å²) in [7, 11) is 0. The molecule has 0 unspecified atom stereocenters. The minimum atomic E-state index is -0.474. The minimum absolute atomic E-state index is 0.249. The monoisotopic (exact) mass is 394 g/mol. The molecule has 1 aromatic heterocycles. The van der Waals surface area contributed by atoms with Crippen LogP contribution in [0.1, 0.15) is 39.0 Å². The van der Waals surface area contributed by atoms with E-state index in [-0.39, 0.29) is 12.5 Å². The molecule has 1 aromatic carbocycles. The van der Waals surface area contributed by atoms with Crippen LogP contribution in [-0.4, -0.2) is 23.1 Å². The molecular weight excluding hydrogens is 375 g/mol. The van der Waals surface area contributed by atoms with Crippen LogP contribution in [0.4, 0.5) is 5.69 Å². The first-order valence-electron chi connectivity index (χ1n) is 8.05. The molecule has 0 aliphatic carbocycles. The Labute approximate surface area is 162 Å². The molecule has 0 spiro atoms. The third-order valence-electron chi connectivity index (χ3n) is 3.95. The van der Waals surface area contributed by atoms with E-state index in [0.29, 0.717) is 44.8 Å². The number of rotatable bonds is 6. The zero-order valence-corrected chi connectivity index (χ0v) is 16.4. The van der Waals surface area contributed by atoms with Crippen molar-refractivity contribution in [1.29, 1.82) is 0 Å². The first-order valence-corrected chi connectivity index (χ1v) is 8.81. The quantitative estimate of drug-likeness (QED) is 0.552. The number of carbonyl (C=O) groups excluding carboxylic acids is 2. The molecule has 0 aliphatic heterocycles. The number of carbonyl (C=O) groups is 2. The maximum absolute atomic E-state index is 12.8. The van der Waals surface area contributed by atoms with Crippen LogP contribution < -0.4 is 5.32 Å². The zero-order chi connectivity index (χ0) is 19.4. The van der Waals surface area contributed by atoms with E-state index in [1.165, 1.54) is 0 Å². The fourth-order valence-electron chi connectivity index (χ4n) is 2.83. The lowest BCUT2D eigenvalue weighted by molar-refractivity contribution is 0.0513. The average Bonchev–Trinajstić information content (AvgIpc) is 2.81. The third kappa shape index (κ3) is 3.94. The lowest BCUT2D eigenvalue weighted by Crippen LogP contribution is -2.14. The maximum atomic E-state index is 12.8. The molecule has 0 radical (unpaired) electrons. The predicted molar refractivity (Wildman–Crippen MR) is 104 cm³/mol. The topological polar surface area (TPSA) is 60.3 Å². The van der Waals surface area contributed by atoms with Crippen LogP contribution in [0.2, 0.25) is 10.0 Å². The van der Waals surface area contributed by atoms with Crippen molar-refractivity contribution in [1.82, 2.24) is 4.57 Å². The van der Waals surface area contributed by atoms with E-state index in [2.05, 4.69) is 11.9 Å². The number of hydrogen-bond acceptors (Lipinski definition) is 3. The Morgan fingerprint density at radius 3 is 2.58 bits per heavy atom. The van der Waals surface area contributed by atoms with Gasteiger partial charge in [-0.2, -0.15) is 0 Å². The van der Waals surface area contributed by atoms with Crippen molar-refractivity contribution < 1.29 is 14.3 Å². The Kier molecular flexibility index (Phi) is 6.51. The summed E-state index contributed by atoms with van der Waals surface area (Å²) < 4.78 is 6.85. The lowest BCUT2D eigenvalue weighted by Gasteiger charge is -2.09. The first kappa shape index (κ1) is 20.1. The van der Waals surface area contributed by atoms with Crippen LogP contribution in [0.25, 0.3) is 0 Å². The number of esters is 1. The standard InChI is InChI=1S/C19H20Cl2N2O3/c1-5-9-23-12(4)16(11(3)17(23)19(25)26-6-2)18(24)22-15-8-7-13(20)10-14(15)21/h5,7-8,10H,1,6,9H2,2-4H3,(H,22,24). The molecule has 0 fully saturated rings. The van der Waals surface area contributed by atoms with Gasteiger partial charge in [0.2, 0.25) is 0 Å². The number of benzene rings is 1. The zero-order valence-electron chi connectivity index (χ0n) is 14.9. The second-order valence-electron chi connectivity index (χ2n) is 5.63. The molecule has 2 aromatic rings. The van der Waals surface area contributed by atoms with Gasteiger partial charge in [-0.3, -0.25) is 4.79 Å². The second kappa shape index (κ2) is 8.43. The number of anilines is 1. The summed E-state index contributed by atoms with van der Waals surface area (Å²) in [5.74, 6) is -0.837. The molecule has 1 amide bonds. The van der Waals surface area contributed by atoms with Gasteiger partial charge in [-0.25, -0.2) is 4.79 Å². The summed E-state index contributed by atoms with van der Waals surface area (Å²) in [6, 6.07) is 4.81. The van der Waals surface area contributed by atoms with Crippen LogP contribution >= 0.6 is 23.2 Å². The molecule has 7 heteroatoms. The Morgan fingerprint density at radius 2 is 2.00 bits per heavy atom. The fraction of sp³-hybridized carbons (Fsp3) is 0.263. The fourth-order valence-corrected chi connectivity index (χ4v) is 3.28. The molecule has 0 bridgehead atoms. The smallest absolute Gasteiger partial charge is 0.355 e. The van der Waals surface area contributed by atoms with Crippen LogP contribution in [0.15, 0.2) is 30.9 Å². The van der Waals surface area contributed by atoms with Crippen molar-refractivity contribution in [3.05, 3.63) is 63.4 Å². The summed E-state index contributed by atoms with van der Waals surface area (Å²) in [6.07, 6.45) is 1.66. The van der Waals surface area contributed by atoms with Crippen molar-refractivity contribution >= 4 is 40.8 Å². The van der Waals surface area contributed by atoms with E-state index in [9.17, 15) is 9.59 Å². The molecule has 0 saturated heterocycles. The summed E-state index contributed by atoms with van der Waals surface area (Å²) in [4.78, 5) is 25.2. The van der Waals surface area contributed by atoms with Gasteiger partial charge in [0.15, 0.2) is 0 Å². The number of allylic oxidation sites excluding steroid dienone is 1. The molecular formula is C19H20Cl2N2O3. The molecule has 0 aliphatic rings. The summed E-state index contributed by atoms with van der Waals surface area (Å²) in [5, 5.41) is 3.57. The van der Waals surface area contributed by atoms with Gasteiger partial charge in [-0.05, 0) is 44.5 Å². The predicted octanol–water partition coefficient (Wildman–Crippen LogP) is 5.03. The molecule has 5 nitrogen and oxygen atoms in total. The molecule has 0 atom stereocenters. The molecule has 2 rings (SSSR count). The molecule has 26 heavy (non-hydrogen) atoms. The average molecular weight is 395 g/mol. The van der Waals surface area contributed by atoms with Crippen molar-refractivity contribution in [3.63, 3.8) is 0 Å². The Hall–Kier alpha value is -2.24. The SMILES string of the molecule is C=CCn1c(C)c(C(=O)Nc2ccc(Cl)cc2Cl)c(C)c1C(=O)OCC. The van der Waals surface area contributed by atoms with E-state index in [4.69, 9.17) is 27.9 Å². The number of nitrogens with one attached hydrogen (secondary N) is 1. The second-order valence-corrected chi connectivity index (χ2v) is 6.48. The van der Waals surface area contributed by atoms with Gasteiger partial charge in [0, 0.05) is 17.3 Å². The largest absolute Gasteiger partial charge is 0.461 e. The number of ether oxygens (including phenoxy) is 1. The summed E-state index contributed by atoms with van der Waals surface area (Å²) in [5.41, 5.74) is 2.38. The Balaban J connectivity index is 2.48. The van der Waals surface area contributed by atoms with Gasteiger partial charge in [0.25, 0.3) is 5.91 Å². The van der Waals surface area contributed by atoms with E-state index in [1.54, 1.807) is 49.6 Å². The van der Waals surface area contributed by atoms with Crippen molar-refractivity contribution in [2.24, 2.45) is 0 Å². The number of hydrogen-bond donors (Lipinski definition) is 1. The highest BCUT2D eigenvalue weighted by Crippen LogP contribution is 2.28. The third-order valence-corrected chi connectivity index (χ3v) is 4.50. The highest BCUT2D eigenvalue weighted by atomic mass is 35.5. The highest BCUT2D eigenvalue weighted by Gasteiger charge is 2.27. The summed E-state index contributed by atoms with van der Waals surface area (Å²) >= 11 is 12.0. The van der Waals surface area contributed by atoms with E-state index >= 15 is 0 Å². The van der Waals surface area contributed by atoms with Crippen LogP contribution in [0.5, 0.6) is 0 Å². The molecule has 1 N–H and O–H groups in total. The van der Waals surface area contributed by atoms with E-state index in [1.807, 2.05) is 0 Å². The van der Waals surface area contributed by atoms with Gasteiger partial charge in [-0.15, -0.1) is 6.58 Å². The number of amides is 1. The van der Waals surface area contributed by atoms with Gasteiger partial charge in [0.1, 0.15) is 5.69 Å². The van der Waals surface area contributed by atoms with Crippen molar-refractivity contribution in [3.8, 4) is 0 Å². The van der Waals surface area contributed by atoms with Crippen molar-refractivity contribution in [2.45, 2.75) is 27.3 Å². The van der Waals surface area contributed by atoms with Gasteiger partial charge >= 0.3 is 5.97 Å². The van der Waals surface area contributed by atoms with Crippen LogP contribution in [0.3, 0.4) is 0 Å². The Morgan fingerprint density at radius 1 is 1.31 bits per heavy atom. The maximum Gasteiger partial charge on any atom is 0.355 e. The minimum Gasteiger partial charge on any atom is -0.461 e. The highest BCUT2D eigenvalue weighted by molar-refractivity contribution is 6.36. The molecule has 138 valence electrons. The van der Waals surface area contributed by atoms with Crippen LogP contribution in [-0.2, 0) is 11.3 Å². The van der Waals surface area contributed by atoms with Crippen molar-refractivity contribution in [2.75, 3.05) is 11.9 Å². The Bertz CT molecular complexity index is 872. The van der Waals surface area contributed by atoms with Crippen LogP contribution in [0, 0.1) is 13.8 Å². The van der Waals surface area contributed by atoms with Gasteiger partial charge in [0.05, 0.1) is 22.9 Å². The van der Waals surface area contributed by atoms with E-state index in [0.717, 1.165) is 0 Å².